The van der Waals surface area contributed by atoms with Crippen molar-refractivity contribution in [2.45, 2.75) is 50.6 Å². The van der Waals surface area contributed by atoms with Gasteiger partial charge in [0, 0.05) is 23.9 Å². The van der Waals surface area contributed by atoms with Crippen LogP contribution >= 0.6 is 11.8 Å². The minimum absolute atomic E-state index is 0.0235. The highest BCUT2D eigenvalue weighted by atomic mass is 32.2. The number of nitrogens with zero attached hydrogens (tertiary/aromatic N) is 2. The Morgan fingerprint density at radius 1 is 1.19 bits per heavy atom. The molecule has 3 rings (SSSR count). The fraction of sp³-hybridized carbons (Fsp3) is 0.619. The molecule has 2 fully saturated rings. The van der Waals surface area contributed by atoms with Crippen molar-refractivity contribution >= 4 is 23.6 Å². The first-order valence-corrected chi connectivity index (χ1v) is 11.2. The van der Waals surface area contributed by atoms with Crippen LogP contribution in [-0.4, -0.2) is 65.5 Å². The summed E-state index contributed by atoms with van der Waals surface area (Å²) in [5.74, 6) is 1.17. The van der Waals surface area contributed by atoms with Gasteiger partial charge in [0.1, 0.15) is 6.04 Å². The third-order valence-electron chi connectivity index (χ3n) is 5.65. The standard InChI is InChI=1S/C21H31N3O2S/c1-23(18-11-6-3-7-12-18)14-8-13-22-20(25)19-15-27-16-24(19)21(26)17-9-4-2-5-10-17/h2,4-5,9-10,18-19H,3,6-8,11-16H2,1H3,(H,22,25). The second-order valence-corrected chi connectivity index (χ2v) is 8.57. The van der Waals surface area contributed by atoms with Crippen LogP contribution < -0.4 is 5.32 Å². The van der Waals surface area contributed by atoms with Crippen LogP contribution in [0.2, 0.25) is 0 Å². The number of amides is 2. The molecule has 1 aliphatic carbocycles. The third kappa shape index (κ3) is 5.48. The van der Waals surface area contributed by atoms with Crippen LogP contribution in [0.4, 0.5) is 0 Å². The van der Waals surface area contributed by atoms with Gasteiger partial charge in [0.25, 0.3) is 5.91 Å². The van der Waals surface area contributed by atoms with Crippen molar-refractivity contribution in [1.29, 1.82) is 0 Å². The van der Waals surface area contributed by atoms with Gasteiger partial charge in [-0.25, -0.2) is 0 Å². The summed E-state index contributed by atoms with van der Waals surface area (Å²) in [5.41, 5.74) is 0.645. The Kier molecular flexibility index (Phi) is 7.59. The molecule has 1 aliphatic heterocycles. The molecule has 0 spiro atoms. The van der Waals surface area contributed by atoms with E-state index < -0.39 is 0 Å². The Hall–Kier alpha value is -1.53. The zero-order valence-electron chi connectivity index (χ0n) is 16.2. The van der Waals surface area contributed by atoms with Gasteiger partial charge in [-0.3, -0.25) is 9.59 Å². The quantitative estimate of drug-likeness (QED) is 0.729. The molecule has 2 aliphatic rings. The van der Waals surface area contributed by atoms with Crippen molar-refractivity contribution < 1.29 is 9.59 Å². The summed E-state index contributed by atoms with van der Waals surface area (Å²) < 4.78 is 0. The maximum Gasteiger partial charge on any atom is 0.255 e. The van der Waals surface area contributed by atoms with Crippen LogP contribution in [0.1, 0.15) is 48.9 Å². The van der Waals surface area contributed by atoms with Crippen LogP contribution in [0, 0.1) is 0 Å². The van der Waals surface area contributed by atoms with Crippen LogP contribution in [0.5, 0.6) is 0 Å². The Bertz CT molecular complexity index is 619. The number of benzene rings is 1. The number of thioether (sulfide) groups is 1. The van der Waals surface area contributed by atoms with Gasteiger partial charge in [0.2, 0.25) is 5.91 Å². The van der Waals surface area contributed by atoms with E-state index in [9.17, 15) is 9.59 Å². The van der Waals surface area contributed by atoms with Crippen LogP contribution in [0.25, 0.3) is 0 Å². The monoisotopic (exact) mass is 389 g/mol. The van der Waals surface area contributed by atoms with Crippen LogP contribution in [0.15, 0.2) is 30.3 Å². The van der Waals surface area contributed by atoms with Crippen LogP contribution in [0.3, 0.4) is 0 Å². The van der Waals surface area contributed by atoms with E-state index in [1.807, 2.05) is 18.2 Å². The lowest BCUT2D eigenvalue weighted by Crippen LogP contribution is -2.47. The average molecular weight is 390 g/mol. The molecule has 5 nitrogen and oxygen atoms in total. The van der Waals surface area contributed by atoms with E-state index in [2.05, 4.69) is 17.3 Å². The van der Waals surface area contributed by atoms with Crippen molar-refractivity contribution in [3.63, 3.8) is 0 Å². The molecule has 1 saturated carbocycles. The maximum atomic E-state index is 12.7. The molecule has 1 unspecified atom stereocenters. The number of nitrogens with one attached hydrogen (secondary N) is 1. The number of carbonyl (C=O) groups excluding carboxylic acids is 2. The molecule has 1 atom stereocenters. The van der Waals surface area contributed by atoms with Crippen LogP contribution in [-0.2, 0) is 4.79 Å². The number of hydrogen-bond donors (Lipinski definition) is 1. The normalized spacial score (nSPS) is 20.8. The van der Waals surface area contributed by atoms with Gasteiger partial charge >= 0.3 is 0 Å². The summed E-state index contributed by atoms with van der Waals surface area (Å²) in [6.07, 6.45) is 7.62. The predicted molar refractivity (Wildman–Crippen MR) is 111 cm³/mol. The van der Waals surface area contributed by atoms with Gasteiger partial charge in [-0.1, -0.05) is 37.5 Å². The lowest BCUT2D eigenvalue weighted by atomic mass is 9.94. The molecule has 1 heterocycles. The zero-order valence-corrected chi connectivity index (χ0v) is 17.0. The minimum atomic E-state index is -0.362. The molecule has 1 saturated heterocycles. The Balaban J connectivity index is 1.42. The van der Waals surface area contributed by atoms with Crippen molar-refractivity contribution in [3.05, 3.63) is 35.9 Å². The summed E-state index contributed by atoms with van der Waals surface area (Å²) in [4.78, 5) is 29.4. The first-order valence-electron chi connectivity index (χ1n) is 10.1. The summed E-state index contributed by atoms with van der Waals surface area (Å²) in [5, 5.41) is 3.05. The average Bonchev–Trinajstić information content (AvgIpc) is 3.21. The molecule has 2 amide bonds. The van der Waals surface area contributed by atoms with E-state index in [1.165, 1.54) is 32.1 Å². The summed E-state index contributed by atoms with van der Waals surface area (Å²) in [7, 11) is 2.20. The second kappa shape index (κ2) is 10.1. The van der Waals surface area contributed by atoms with Gasteiger partial charge < -0.3 is 15.1 Å². The van der Waals surface area contributed by atoms with Crippen molar-refractivity contribution in [3.8, 4) is 0 Å². The largest absolute Gasteiger partial charge is 0.354 e. The zero-order chi connectivity index (χ0) is 19.1. The van der Waals surface area contributed by atoms with E-state index in [-0.39, 0.29) is 17.9 Å². The van der Waals surface area contributed by atoms with Gasteiger partial charge in [0.05, 0.1) is 5.88 Å². The smallest absolute Gasteiger partial charge is 0.255 e. The summed E-state index contributed by atoms with van der Waals surface area (Å²) in [6, 6.07) is 9.56. The molecular formula is C21H31N3O2S. The molecule has 0 radical (unpaired) electrons. The van der Waals surface area contributed by atoms with Gasteiger partial charge in [0.15, 0.2) is 0 Å². The molecule has 6 heteroatoms. The van der Waals surface area contributed by atoms with Gasteiger partial charge in [-0.05, 0) is 45.0 Å². The van der Waals surface area contributed by atoms with E-state index in [0.717, 1.165) is 13.0 Å². The second-order valence-electron chi connectivity index (χ2n) is 7.57. The Labute approximate surface area is 166 Å². The molecule has 0 aromatic heterocycles. The van der Waals surface area contributed by atoms with Gasteiger partial charge in [-0.15, -0.1) is 11.8 Å². The summed E-state index contributed by atoms with van der Waals surface area (Å²) >= 11 is 1.64. The van der Waals surface area contributed by atoms with E-state index in [4.69, 9.17) is 0 Å². The van der Waals surface area contributed by atoms with E-state index in [0.29, 0.717) is 29.8 Å². The number of rotatable bonds is 7. The van der Waals surface area contributed by atoms with Crippen molar-refractivity contribution in [2.24, 2.45) is 0 Å². The highest BCUT2D eigenvalue weighted by Crippen LogP contribution is 2.23. The SMILES string of the molecule is CN(CCCNC(=O)C1CSCN1C(=O)c1ccccc1)C1CCCCC1. The molecule has 1 N–H and O–H groups in total. The molecule has 0 bridgehead atoms. The maximum absolute atomic E-state index is 12.7. The Morgan fingerprint density at radius 2 is 1.93 bits per heavy atom. The fourth-order valence-corrected chi connectivity index (χ4v) is 5.12. The fourth-order valence-electron chi connectivity index (χ4n) is 3.97. The number of carbonyl (C=O) groups is 2. The first kappa shape index (κ1) is 20.2. The number of hydrogen-bond acceptors (Lipinski definition) is 4. The molecule has 1 aromatic carbocycles. The molecule has 1 aromatic rings. The lowest BCUT2D eigenvalue weighted by molar-refractivity contribution is -0.124. The predicted octanol–water partition coefficient (Wildman–Crippen LogP) is 2.97. The first-order chi connectivity index (χ1) is 13.2. The molecule has 27 heavy (non-hydrogen) atoms. The molecule has 148 valence electrons. The van der Waals surface area contributed by atoms with Crippen molar-refractivity contribution in [2.75, 3.05) is 31.8 Å². The summed E-state index contributed by atoms with van der Waals surface area (Å²) in [6.45, 7) is 1.68. The lowest BCUT2D eigenvalue weighted by Gasteiger charge is -2.31. The highest BCUT2D eigenvalue weighted by molar-refractivity contribution is 7.99. The van der Waals surface area contributed by atoms with E-state index >= 15 is 0 Å². The minimum Gasteiger partial charge on any atom is -0.354 e. The molecular weight excluding hydrogens is 358 g/mol. The topological polar surface area (TPSA) is 52.7 Å². The van der Waals surface area contributed by atoms with E-state index in [1.54, 1.807) is 28.8 Å². The highest BCUT2D eigenvalue weighted by Gasteiger charge is 2.34. The van der Waals surface area contributed by atoms with Gasteiger partial charge in [-0.2, -0.15) is 0 Å². The van der Waals surface area contributed by atoms with Crippen molar-refractivity contribution in [1.82, 2.24) is 15.1 Å². The Morgan fingerprint density at radius 3 is 2.67 bits per heavy atom. The third-order valence-corrected chi connectivity index (χ3v) is 6.66.